The van der Waals surface area contributed by atoms with E-state index in [0.717, 1.165) is 5.56 Å². The van der Waals surface area contributed by atoms with E-state index >= 15 is 0 Å². The lowest BCUT2D eigenvalue weighted by Crippen LogP contribution is -2.32. The molecule has 0 radical (unpaired) electrons. The van der Waals surface area contributed by atoms with Gasteiger partial charge in [0.15, 0.2) is 0 Å². The molecule has 0 spiro atoms. The molecule has 3 N–H and O–H groups in total. The number of carbonyl (C=O) groups is 1. The zero-order chi connectivity index (χ0) is 11.3. The first-order chi connectivity index (χ1) is 7.13. The van der Waals surface area contributed by atoms with Crippen LogP contribution in [0.5, 0.6) is 5.75 Å². The Morgan fingerprint density at radius 2 is 2.27 bits per heavy atom. The summed E-state index contributed by atoms with van der Waals surface area (Å²) in [6.07, 6.45) is 0. The number of rotatable bonds is 4. The average molecular weight is 208 g/mol. The van der Waals surface area contributed by atoms with Crippen LogP contribution in [0.25, 0.3) is 0 Å². The molecule has 1 atom stereocenters. The summed E-state index contributed by atoms with van der Waals surface area (Å²) < 4.78 is 0. The zero-order valence-corrected chi connectivity index (χ0v) is 8.95. The summed E-state index contributed by atoms with van der Waals surface area (Å²) in [5.74, 6) is 0.183. The Kier molecular flexibility index (Phi) is 4.12. The van der Waals surface area contributed by atoms with Gasteiger partial charge in [-0.15, -0.1) is 0 Å². The number of benzene rings is 1. The molecule has 0 fully saturated rings. The van der Waals surface area contributed by atoms with Gasteiger partial charge >= 0.3 is 0 Å². The van der Waals surface area contributed by atoms with Crippen LogP contribution in [-0.4, -0.2) is 24.6 Å². The van der Waals surface area contributed by atoms with E-state index in [1.165, 1.54) is 0 Å². The van der Waals surface area contributed by atoms with Crippen LogP contribution in [-0.2, 0) is 4.79 Å². The van der Waals surface area contributed by atoms with E-state index in [0.29, 0.717) is 0 Å². The highest BCUT2D eigenvalue weighted by Crippen LogP contribution is 2.17. The number of phenolic OH excluding ortho intramolecular Hbond substituents is 1. The summed E-state index contributed by atoms with van der Waals surface area (Å²) in [6, 6.07) is 7.02. The molecule has 0 bridgehead atoms. The van der Waals surface area contributed by atoms with Gasteiger partial charge in [-0.1, -0.05) is 12.1 Å². The van der Waals surface area contributed by atoms with Crippen molar-refractivity contribution >= 4 is 5.91 Å². The predicted octanol–water partition coefficient (Wildman–Crippen LogP) is 0.789. The normalized spacial score (nSPS) is 12.1. The minimum absolute atomic E-state index is 0.0365. The third kappa shape index (κ3) is 3.59. The number of nitrogens with one attached hydrogen (secondary N) is 2. The summed E-state index contributed by atoms with van der Waals surface area (Å²) in [7, 11) is 1.60. The topological polar surface area (TPSA) is 61.4 Å². The first-order valence-electron chi connectivity index (χ1n) is 4.86. The Morgan fingerprint density at radius 1 is 1.53 bits per heavy atom. The largest absolute Gasteiger partial charge is 0.508 e. The van der Waals surface area contributed by atoms with Crippen LogP contribution in [0, 0.1) is 0 Å². The molecule has 1 amide bonds. The fraction of sp³-hybridized carbons (Fsp3) is 0.364. The maximum Gasteiger partial charge on any atom is 0.233 e. The molecule has 82 valence electrons. The van der Waals surface area contributed by atoms with Crippen molar-refractivity contribution in [1.82, 2.24) is 10.6 Å². The van der Waals surface area contributed by atoms with Crippen molar-refractivity contribution in [3.63, 3.8) is 0 Å². The van der Waals surface area contributed by atoms with Gasteiger partial charge < -0.3 is 15.7 Å². The quantitative estimate of drug-likeness (QED) is 0.685. The SMILES string of the molecule is CNC(=O)CNC(C)c1cccc(O)c1. The second-order valence-corrected chi connectivity index (χ2v) is 3.37. The Bertz CT molecular complexity index is 339. The van der Waals surface area contributed by atoms with Crippen LogP contribution in [0.1, 0.15) is 18.5 Å². The fourth-order valence-corrected chi connectivity index (χ4v) is 1.25. The van der Waals surface area contributed by atoms with Crippen molar-refractivity contribution in [2.45, 2.75) is 13.0 Å². The molecule has 0 aliphatic heterocycles. The van der Waals surface area contributed by atoms with Gasteiger partial charge in [0.2, 0.25) is 5.91 Å². The molecule has 0 aliphatic carbocycles. The highest BCUT2D eigenvalue weighted by Gasteiger charge is 2.06. The second-order valence-electron chi connectivity index (χ2n) is 3.37. The van der Waals surface area contributed by atoms with E-state index in [-0.39, 0.29) is 24.2 Å². The molecule has 0 aromatic heterocycles. The molecule has 1 unspecified atom stereocenters. The average Bonchev–Trinajstić information content (AvgIpc) is 2.25. The number of hydrogen-bond acceptors (Lipinski definition) is 3. The van der Waals surface area contributed by atoms with E-state index in [9.17, 15) is 9.90 Å². The van der Waals surface area contributed by atoms with E-state index in [2.05, 4.69) is 10.6 Å². The maximum absolute atomic E-state index is 11.0. The van der Waals surface area contributed by atoms with Gasteiger partial charge in [0.1, 0.15) is 5.75 Å². The number of hydrogen-bond donors (Lipinski definition) is 3. The van der Waals surface area contributed by atoms with E-state index in [4.69, 9.17) is 0 Å². The number of carbonyl (C=O) groups excluding carboxylic acids is 1. The van der Waals surface area contributed by atoms with Gasteiger partial charge in [-0.25, -0.2) is 0 Å². The minimum atomic E-state index is -0.0537. The lowest BCUT2D eigenvalue weighted by atomic mass is 10.1. The Labute approximate surface area is 89.3 Å². The van der Waals surface area contributed by atoms with Crippen LogP contribution >= 0.6 is 0 Å². The number of phenols is 1. The number of likely N-dealkylation sites (N-methyl/N-ethyl adjacent to an activating group) is 1. The first-order valence-corrected chi connectivity index (χ1v) is 4.86. The van der Waals surface area contributed by atoms with Crippen LogP contribution in [0.4, 0.5) is 0 Å². The molecule has 4 heteroatoms. The monoisotopic (exact) mass is 208 g/mol. The maximum atomic E-state index is 11.0. The van der Waals surface area contributed by atoms with Crippen LogP contribution < -0.4 is 10.6 Å². The van der Waals surface area contributed by atoms with Gasteiger partial charge in [0.05, 0.1) is 6.54 Å². The third-order valence-corrected chi connectivity index (χ3v) is 2.22. The third-order valence-electron chi connectivity index (χ3n) is 2.22. The Balaban J connectivity index is 2.53. The van der Waals surface area contributed by atoms with Crippen molar-refractivity contribution in [2.75, 3.05) is 13.6 Å². The molecule has 0 saturated heterocycles. The summed E-state index contributed by atoms with van der Waals surface area (Å²) >= 11 is 0. The van der Waals surface area contributed by atoms with Crippen molar-refractivity contribution in [3.8, 4) is 5.75 Å². The first kappa shape index (κ1) is 11.5. The van der Waals surface area contributed by atoms with Gasteiger partial charge in [0, 0.05) is 13.1 Å². The van der Waals surface area contributed by atoms with Crippen LogP contribution in [0.3, 0.4) is 0 Å². The smallest absolute Gasteiger partial charge is 0.233 e. The molecule has 4 nitrogen and oxygen atoms in total. The molecule has 15 heavy (non-hydrogen) atoms. The molecule has 0 aliphatic rings. The summed E-state index contributed by atoms with van der Waals surface area (Å²) in [5.41, 5.74) is 0.957. The van der Waals surface area contributed by atoms with Gasteiger partial charge in [-0.3, -0.25) is 4.79 Å². The van der Waals surface area contributed by atoms with E-state index in [1.807, 2.05) is 13.0 Å². The molecule has 1 aromatic carbocycles. The van der Waals surface area contributed by atoms with Crippen LogP contribution in [0.2, 0.25) is 0 Å². The van der Waals surface area contributed by atoms with Gasteiger partial charge in [-0.2, -0.15) is 0 Å². The van der Waals surface area contributed by atoms with Gasteiger partial charge in [-0.05, 0) is 24.6 Å². The molecular weight excluding hydrogens is 192 g/mol. The lowest BCUT2D eigenvalue weighted by molar-refractivity contribution is -0.119. The Morgan fingerprint density at radius 3 is 2.87 bits per heavy atom. The van der Waals surface area contributed by atoms with Crippen molar-refractivity contribution in [1.29, 1.82) is 0 Å². The lowest BCUT2D eigenvalue weighted by Gasteiger charge is -2.13. The second kappa shape index (κ2) is 5.36. The van der Waals surface area contributed by atoms with Gasteiger partial charge in [0.25, 0.3) is 0 Å². The van der Waals surface area contributed by atoms with Crippen molar-refractivity contribution < 1.29 is 9.90 Å². The predicted molar refractivity (Wildman–Crippen MR) is 58.6 cm³/mol. The summed E-state index contributed by atoms with van der Waals surface area (Å²) in [6.45, 7) is 2.21. The molecule has 1 rings (SSSR count). The number of aromatic hydroxyl groups is 1. The fourth-order valence-electron chi connectivity index (χ4n) is 1.25. The molecule has 0 saturated carbocycles. The molecular formula is C11H16N2O2. The van der Waals surface area contributed by atoms with E-state index < -0.39 is 0 Å². The highest BCUT2D eigenvalue weighted by molar-refractivity contribution is 5.77. The van der Waals surface area contributed by atoms with Crippen LogP contribution in [0.15, 0.2) is 24.3 Å². The number of amides is 1. The Hall–Kier alpha value is -1.55. The van der Waals surface area contributed by atoms with Crippen molar-refractivity contribution in [3.05, 3.63) is 29.8 Å². The molecule has 1 aromatic rings. The standard InChI is InChI=1S/C11H16N2O2/c1-8(13-7-11(15)12-2)9-4-3-5-10(14)6-9/h3-6,8,13-14H,7H2,1-2H3,(H,12,15). The van der Waals surface area contributed by atoms with Crippen molar-refractivity contribution in [2.24, 2.45) is 0 Å². The summed E-state index contributed by atoms with van der Waals surface area (Å²) in [5, 5.41) is 14.9. The summed E-state index contributed by atoms with van der Waals surface area (Å²) in [4.78, 5) is 11.0. The minimum Gasteiger partial charge on any atom is -0.508 e. The molecule has 0 heterocycles. The van der Waals surface area contributed by atoms with E-state index in [1.54, 1.807) is 25.2 Å². The zero-order valence-electron chi connectivity index (χ0n) is 8.95. The highest BCUT2D eigenvalue weighted by atomic mass is 16.3.